The lowest BCUT2D eigenvalue weighted by Gasteiger charge is -2.39. The summed E-state index contributed by atoms with van der Waals surface area (Å²) in [6.07, 6.45) is 2.69. The Kier molecular flexibility index (Phi) is 4.90. The Hall–Kier alpha value is -2.01. The van der Waals surface area contributed by atoms with E-state index in [-0.39, 0.29) is 22.9 Å². The van der Waals surface area contributed by atoms with Crippen LogP contribution in [0, 0.1) is 11.2 Å². The monoisotopic (exact) mass is 399 g/mol. The first-order valence-corrected chi connectivity index (χ1v) is 10.8. The summed E-state index contributed by atoms with van der Waals surface area (Å²) in [6.45, 7) is 10.2. The maximum absolute atomic E-state index is 14.5. The number of carbonyl (C=O) groups excluding carboxylic acids is 1. The number of Topliss-reactive ketones (excluding diaryl/α,β-unsaturated/α-hetero) is 1. The number of hydrogen-bond donors (Lipinski definition) is 1. The Morgan fingerprint density at radius 3 is 2.89 bits per heavy atom. The van der Waals surface area contributed by atoms with Gasteiger partial charge >= 0.3 is 0 Å². The van der Waals surface area contributed by atoms with Crippen LogP contribution in [0.3, 0.4) is 0 Å². The van der Waals surface area contributed by atoms with E-state index < -0.39 is 0 Å². The number of dihydropyridines is 1. The second-order valence-electron chi connectivity index (χ2n) is 8.20. The third kappa shape index (κ3) is 3.10. The summed E-state index contributed by atoms with van der Waals surface area (Å²) < 4.78 is 19.9. The number of ketones is 1. The second kappa shape index (κ2) is 7.11. The maximum atomic E-state index is 14.5. The summed E-state index contributed by atoms with van der Waals surface area (Å²) >= 11 is 1.80. The van der Waals surface area contributed by atoms with Gasteiger partial charge in [-0.25, -0.2) is 4.39 Å². The Labute approximate surface area is 170 Å². The van der Waals surface area contributed by atoms with Gasteiger partial charge in [0, 0.05) is 39.0 Å². The molecule has 0 radical (unpaired) electrons. The molecule has 0 spiro atoms. The molecule has 1 unspecified atom stereocenters. The van der Waals surface area contributed by atoms with E-state index in [2.05, 4.69) is 11.9 Å². The minimum Gasteiger partial charge on any atom is -0.494 e. The molecule has 5 heteroatoms. The summed E-state index contributed by atoms with van der Waals surface area (Å²) in [5.74, 6) is 1.04. The van der Waals surface area contributed by atoms with Gasteiger partial charge in [0.25, 0.3) is 0 Å². The standard InChI is InChI=1S/C23H26FNO2S/c1-5-27-13(2)15-12-14(6-7-16(15)24)19-20-17(8-10-23(3,4)22(20)26)25-18-9-11-28-21(18)19/h6-7,12,19,25H,2,5,8-11H2,1,3-4H3. The Morgan fingerprint density at radius 1 is 1.36 bits per heavy atom. The quantitative estimate of drug-likeness (QED) is 0.678. The molecule has 1 atom stereocenters. The van der Waals surface area contributed by atoms with E-state index in [9.17, 15) is 9.18 Å². The van der Waals surface area contributed by atoms with E-state index in [1.807, 2.05) is 26.8 Å². The van der Waals surface area contributed by atoms with Gasteiger partial charge in [-0.3, -0.25) is 4.79 Å². The number of halogens is 1. The van der Waals surface area contributed by atoms with Crippen molar-refractivity contribution in [3.8, 4) is 0 Å². The minimum absolute atomic E-state index is 0.139. The summed E-state index contributed by atoms with van der Waals surface area (Å²) in [4.78, 5) is 14.6. The highest BCUT2D eigenvalue weighted by Gasteiger charge is 2.44. The largest absolute Gasteiger partial charge is 0.494 e. The van der Waals surface area contributed by atoms with Crippen LogP contribution in [-0.4, -0.2) is 18.1 Å². The Balaban J connectivity index is 1.85. The molecule has 0 bridgehead atoms. The average Bonchev–Trinajstić information content (AvgIpc) is 3.12. The first-order valence-electron chi connectivity index (χ1n) is 9.85. The van der Waals surface area contributed by atoms with Gasteiger partial charge < -0.3 is 10.1 Å². The highest BCUT2D eigenvalue weighted by atomic mass is 32.2. The van der Waals surface area contributed by atoms with Gasteiger partial charge in [0.15, 0.2) is 5.78 Å². The van der Waals surface area contributed by atoms with E-state index in [0.717, 1.165) is 41.8 Å². The summed E-state index contributed by atoms with van der Waals surface area (Å²) in [5, 5.41) is 3.56. The lowest BCUT2D eigenvalue weighted by Crippen LogP contribution is -2.38. The van der Waals surface area contributed by atoms with Crippen LogP contribution in [0.2, 0.25) is 0 Å². The molecule has 148 valence electrons. The molecule has 3 aliphatic rings. The van der Waals surface area contributed by atoms with Crippen LogP contribution in [0.4, 0.5) is 4.39 Å². The molecule has 0 saturated carbocycles. The van der Waals surface area contributed by atoms with Gasteiger partial charge in [0.2, 0.25) is 0 Å². The molecule has 0 fully saturated rings. The normalized spacial score (nSPS) is 23.3. The molecular formula is C23H26FNO2S. The van der Waals surface area contributed by atoms with Gasteiger partial charge in [-0.15, -0.1) is 11.8 Å². The highest BCUT2D eigenvalue weighted by Crippen LogP contribution is 2.52. The van der Waals surface area contributed by atoms with Crippen molar-refractivity contribution < 1.29 is 13.9 Å². The van der Waals surface area contributed by atoms with E-state index in [1.165, 1.54) is 16.7 Å². The van der Waals surface area contributed by atoms with Crippen LogP contribution < -0.4 is 5.32 Å². The third-order valence-electron chi connectivity index (χ3n) is 5.89. The average molecular weight is 400 g/mol. The fourth-order valence-electron chi connectivity index (χ4n) is 4.30. The number of allylic oxidation sites excluding steroid dienone is 4. The molecule has 1 aromatic rings. The second-order valence-corrected chi connectivity index (χ2v) is 9.34. The number of ether oxygens (including phenoxy) is 1. The summed E-state index contributed by atoms with van der Waals surface area (Å²) in [7, 11) is 0. The molecule has 2 heterocycles. The lowest BCUT2D eigenvalue weighted by atomic mass is 9.69. The fourth-order valence-corrected chi connectivity index (χ4v) is 5.57. The van der Waals surface area contributed by atoms with Crippen molar-refractivity contribution in [2.75, 3.05) is 12.4 Å². The van der Waals surface area contributed by atoms with Crippen molar-refractivity contribution in [3.05, 3.63) is 63.6 Å². The molecule has 1 N–H and O–H groups in total. The lowest BCUT2D eigenvalue weighted by molar-refractivity contribution is -0.124. The van der Waals surface area contributed by atoms with Crippen molar-refractivity contribution in [3.63, 3.8) is 0 Å². The molecule has 4 rings (SSSR count). The SMILES string of the molecule is C=C(OCC)c1cc(C2C3=C(CCS3)NC3=C2C(=O)C(C)(C)CC3)ccc1F. The van der Waals surface area contributed by atoms with Crippen molar-refractivity contribution in [2.24, 2.45) is 5.41 Å². The van der Waals surface area contributed by atoms with Crippen LogP contribution in [0.15, 0.2) is 46.7 Å². The van der Waals surface area contributed by atoms with Crippen molar-refractivity contribution in [1.82, 2.24) is 5.32 Å². The number of rotatable bonds is 4. The van der Waals surface area contributed by atoms with Gasteiger partial charge in [-0.2, -0.15) is 0 Å². The third-order valence-corrected chi connectivity index (χ3v) is 7.09. The fraction of sp³-hybridized carbons (Fsp3) is 0.435. The topological polar surface area (TPSA) is 38.3 Å². The molecule has 3 nitrogen and oxygen atoms in total. The van der Waals surface area contributed by atoms with Crippen LogP contribution >= 0.6 is 11.8 Å². The molecule has 0 amide bonds. The van der Waals surface area contributed by atoms with Crippen LogP contribution in [0.1, 0.15) is 57.1 Å². The number of carbonyl (C=O) groups is 1. The predicted molar refractivity (Wildman–Crippen MR) is 112 cm³/mol. The van der Waals surface area contributed by atoms with Crippen molar-refractivity contribution in [1.29, 1.82) is 0 Å². The smallest absolute Gasteiger partial charge is 0.167 e. The summed E-state index contributed by atoms with van der Waals surface area (Å²) in [6, 6.07) is 5.08. The molecule has 2 aliphatic heterocycles. The number of benzene rings is 1. The van der Waals surface area contributed by atoms with Crippen LogP contribution in [-0.2, 0) is 9.53 Å². The molecule has 0 aromatic heterocycles. The van der Waals surface area contributed by atoms with E-state index in [1.54, 1.807) is 17.8 Å². The zero-order valence-electron chi connectivity index (χ0n) is 16.7. The Morgan fingerprint density at radius 2 is 2.14 bits per heavy atom. The van der Waals surface area contributed by atoms with Crippen LogP contribution in [0.5, 0.6) is 0 Å². The van der Waals surface area contributed by atoms with E-state index in [4.69, 9.17) is 4.74 Å². The van der Waals surface area contributed by atoms with Crippen LogP contribution in [0.25, 0.3) is 5.76 Å². The van der Waals surface area contributed by atoms with Crippen molar-refractivity contribution in [2.45, 2.75) is 46.0 Å². The molecular weight excluding hydrogens is 373 g/mol. The Bertz CT molecular complexity index is 929. The number of hydrogen-bond acceptors (Lipinski definition) is 4. The molecule has 1 aromatic carbocycles. The van der Waals surface area contributed by atoms with E-state index >= 15 is 0 Å². The van der Waals surface area contributed by atoms with Gasteiger partial charge in [0.1, 0.15) is 11.6 Å². The predicted octanol–water partition coefficient (Wildman–Crippen LogP) is 5.51. The zero-order chi connectivity index (χ0) is 20.1. The van der Waals surface area contributed by atoms with Gasteiger partial charge in [-0.1, -0.05) is 26.5 Å². The molecule has 1 aliphatic carbocycles. The number of thioether (sulfide) groups is 1. The first kappa shape index (κ1) is 19.3. The molecule has 0 saturated heterocycles. The van der Waals surface area contributed by atoms with Gasteiger partial charge in [0.05, 0.1) is 12.2 Å². The van der Waals surface area contributed by atoms with Gasteiger partial charge in [-0.05, 0) is 43.9 Å². The highest BCUT2D eigenvalue weighted by molar-refractivity contribution is 8.03. The summed E-state index contributed by atoms with van der Waals surface area (Å²) in [5.41, 5.74) is 4.04. The maximum Gasteiger partial charge on any atom is 0.167 e. The minimum atomic E-state index is -0.377. The number of nitrogens with one attached hydrogen (secondary N) is 1. The molecule has 28 heavy (non-hydrogen) atoms. The van der Waals surface area contributed by atoms with E-state index in [0.29, 0.717) is 17.9 Å². The first-order chi connectivity index (χ1) is 13.3. The zero-order valence-corrected chi connectivity index (χ0v) is 17.5. The van der Waals surface area contributed by atoms with Crippen molar-refractivity contribution >= 4 is 23.3 Å².